The van der Waals surface area contributed by atoms with Crippen molar-refractivity contribution in [2.24, 2.45) is 0 Å². The molecule has 0 radical (unpaired) electrons. The molecule has 0 atom stereocenters. The second-order valence-electron chi connectivity index (χ2n) is 1.90. The molecule has 1 rings (SSSR count). The van der Waals surface area contributed by atoms with Crippen molar-refractivity contribution in [3.63, 3.8) is 0 Å². The third-order valence-electron chi connectivity index (χ3n) is 1.07. The molecule has 0 spiro atoms. The second kappa shape index (κ2) is 5.46. The number of hydrogen-bond acceptors (Lipinski definition) is 3. The Kier molecular flexibility index (Phi) is 4.92. The van der Waals surface area contributed by atoms with E-state index >= 15 is 0 Å². The van der Waals surface area contributed by atoms with Gasteiger partial charge in [0.1, 0.15) is 0 Å². The van der Waals surface area contributed by atoms with Crippen LogP contribution in [-0.2, 0) is 9.59 Å². The molecule has 0 unspecified atom stereocenters. The van der Waals surface area contributed by atoms with E-state index in [9.17, 15) is 5.21 Å². The zero-order valence-corrected chi connectivity index (χ0v) is 7.87. The summed E-state index contributed by atoms with van der Waals surface area (Å²) in [4.78, 5) is 16.2. The molecule has 0 aliphatic carbocycles. The largest absolute Gasteiger partial charge is 0.618 e. The molecule has 4 nitrogen and oxygen atoms in total. The lowest BCUT2D eigenvalue weighted by molar-refractivity contribution is -0.612. The van der Waals surface area contributed by atoms with Crippen molar-refractivity contribution in [1.82, 2.24) is 0 Å². The van der Waals surface area contributed by atoms with Crippen LogP contribution in [0.3, 0.4) is 0 Å². The van der Waals surface area contributed by atoms with E-state index in [1.54, 1.807) is 13.0 Å². The van der Waals surface area contributed by atoms with Gasteiger partial charge in [-0.1, -0.05) is 0 Å². The predicted molar refractivity (Wildman–Crippen MR) is 42.8 cm³/mol. The molecule has 1 aromatic heterocycles. The fourth-order valence-electron chi connectivity index (χ4n) is 0.531. The van der Waals surface area contributed by atoms with Crippen molar-refractivity contribution >= 4 is 22.1 Å². The molecule has 0 bridgehead atoms. The van der Waals surface area contributed by atoms with E-state index in [0.29, 0.717) is 5.69 Å². The van der Waals surface area contributed by atoms with Gasteiger partial charge in [-0.05, 0) is 22.0 Å². The molecule has 12 heavy (non-hydrogen) atoms. The van der Waals surface area contributed by atoms with Gasteiger partial charge in [-0.15, -0.1) is 0 Å². The van der Waals surface area contributed by atoms with Crippen LogP contribution < -0.4 is 4.73 Å². The topological polar surface area (TPSA) is 61.1 Å². The van der Waals surface area contributed by atoms with Crippen LogP contribution in [0.1, 0.15) is 5.69 Å². The molecule has 0 aliphatic rings. The highest BCUT2D eigenvalue weighted by Gasteiger charge is 1.96. The predicted octanol–water partition coefficient (Wildman–Crippen LogP) is 0.807. The summed E-state index contributed by atoms with van der Waals surface area (Å²) < 4.78 is 1.63. The molecule has 0 amide bonds. The Morgan fingerprint density at radius 1 is 1.50 bits per heavy atom. The first-order valence-electron chi connectivity index (χ1n) is 2.96. The van der Waals surface area contributed by atoms with Crippen LogP contribution in [0.2, 0.25) is 0 Å². The summed E-state index contributed by atoms with van der Waals surface area (Å²) in [5.74, 6) is 0. The van der Waals surface area contributed by atoms with Crippen molar-refractivity contribution < 1.29 is 14.3 Å². The van der Waals surface area contributed by atoms with E-state index in [-0.39, 0.29) is 6.15 Å². The number of pyridine rings is 1. The van der Waals surface area contributed by atoms with E-state index in [1.165, 1.54) is 6.20 Å². The van der Waals surface area contributed by atoms with Crippen LogP contribution in [-0.4, -0.2) is 6.15 Å². The van der Waals surface area contributed by atoms with E-state index in [1.807, 2.05) is 6.07 Å². The Morgan fingerprint density at radius 2 is 2.00 bits per heavy atom. The van der Waals surface area contributed by atoms with Gasteiger partial charge < -0.3 is 5.21 Å². The molecule has 64 valence electrons. The average molecular weight is 232 g/mol. The number of hydrogen-bond donors (Lipinski definition) is 0. The molecule has 0 aliphatic heterocycles. The standard InChI is InChI=1S/C6H6BrNO.CO2/c1-5-2-3-6(7)4-8(5)9;2-1-3/h2-4H,1H3;. The molecule has 0 aromatic carbocycles. The Balaban J connectivity index is 0.000000354. The molecule has 5 heteroatoms. The summed E-state index contributed by atoms with van der Waals surface area (Å²) in [6.45, 7) is 1.76. The van der Waals surface area contributed by atoms with Crippen molar-refractivity contribution in [2.45, 2.75) is 6.92 Å². The fraction of sp³-hybridized carbons (Fsp3) is 0.143. The van der Waals surface area contributed by atoms with Crippen molar-refractivity contribution in [3.8, 4) is 0 Å². The summed E-state index contributed by atoms with van der Waals surface area (Å²) in [6, 6.07) is 3.60. The first kappa shape index (κ1) is 10.8. The Bertz CT molecular complexity index is 295. The second-order valence-corrected chi connectivity index (χ2v) is 2.81. The zero-order chi connectivity index (χ0) is 9.56. The van der Waals surface area contributed by atoms with Gasteiger partial charge in [-0.25, -0.2) is 0 Å². The fourth-order valence-corrected chi connectivity index (χ4v) is 0.849. The third kappa shape index (κ3) is 3.85. The first-order valence-corrected chi connectivity index (χ1v) is 3.75. The van der Waals surface area contributed by atoms with Crippen molar-refractivity contribution in [1.29, 1.82) is 0 Å². The minimum absolute atomic E-state index is 0.250. The van der Waals surface area contributed by atoms with Crippen LogP contribution in [0.4, 0.5) is 0 Å². The normalized spacial score (nSPS) is 7.83. The summed E-state index contributed by atoms with van der Waals surface area (Å²) in [6.07, 6.45) is 1.73. The summed E-state index contributed by atoms with van der Waals surface area (Å²) in [5.41, 5.74) is 0.707. The van der Waals surface area contributed by atoms with Crippen LogP contribution in [0.5, 0.6) is 0 Å². The molecular weight excluding hydrogens is 226 g/mol. The van der Waals surface area contributed by atoms with Crippen LogP contribution >= 0.6 is 15.9 Å². The molecule has 1 aromatic rings. The molecule has 0 saturated heterocycles. The number of aromatic nitrogens is 1. The van der Waals surface area contributed by atoms with Crippen molar-refractivity contribution in [2.75, 3.05) is 0 Å². The molecular formula is C7H6BrNO3. The van der Waals surface area contributed by atoms with Gasteiger partial charge >= 0.3 is 6.15 Å². The Labute approximate surface area is 77.5 Å². The highest BCUT2D eigenvalue weighted by atomic mass is 79.9. The monoisotopic (exact) mass is 231 g/mol. The summed E-state index contributed by atoms with van der Waals surface area (Å²) in [7, 11) is 0. The zero-order valence-electron chi connectivity index (χ0n) is 6.28. The van der Waals surface area contributed by atoms with E-state index in [2.05, 4.69) is 15.9 Å². The molecule has 0 fully saturated rings. The van der Waals surface area contributed by atoms with E-state index in [0.717, 1.165) is 9.20 Å². The lowest BCUT2D eigenvalue weighted by Gasteiger charge is -1.97. The SMILES string of the molecule is Cc1ccc(Br)c[n+]1[O-].O=C=O. The molecule has 0 N–H and O–H groups in total. The highest BCUT2D eigenvalue weighted by Crippen LogP contribution is 2.04. The van der Waals surface area contributed by atoms with Gasteiger partial charge in [-0.3, -0.25) is 0 Å². The van der Waals surface area contributed by atoms with Gasteiger partial charge in [0.2, 0.25) is 0 Å². The van der Waals surface area contributed by atoms with E-state index < -0.39 is 0 Å². The highest BCUT2D eigenvalue weighted by molar-refractivity contribution is 9.10. The van der Waals surface area contributed by atoms with Gasteiger partial charge in [0.05, 0.1) is 4.47 Å². The molecule has 1 heterocycles. The van der Waals surface area contributed by atoms with Gasteiger partial charge in [0.15, 0.2) is 11.9 Å². The maximum Gasteiger partial charge on any atom is 0.373 e. The van der Waals surface area contributed by atoms with Gasteiger partial charge in [0.25, 0.3) is 0 Å². The Hall–Kier alpha value is -1.19. The van der Waals surface area contributed by atoms with Gasteiger partial charge in [-0.2, -0.15) is 14.3 Å². The maximum atomic E-state index is 10.7. The lowest BCUT2D eigenvalue weighted by Crippen LogP contribution is -2.28. The van der Waals surface area contributed by atoms with Crippen molar-refractivity contribution in [3.05, 3.63) is 33.7 Å². The number of aryl methyl sites for hydroxylation is 1. The number of rotatable bonds is 0. The van der Waals surface area contributed by atoms with E-state index in [4.69, 9.17) is 9.59 Å². The third-order valence-corrected chi connectivity index (χ3v) is 1.54. The quantitative estimate of drug-likeness (QED) is 0.491. The molecule has 0 saturated carbocycles. The van der Waals surface area contributed by atoms with Crippen LogP contribution in [0.15, 0.2) is 22.8 Å². The van der Waals surface area contributed by atoms with Crippen LogP contribution in [0, 0.1) is 12.1 Å². The smallest absolute Gasteiger partial charge is 0.373 e. The number of carbonyl (C=O) groups excluding carboxylic acids is 2. The number of nitrogens with zero attached hydrogens (tertiary/aromatic N) is 1. The van der Waals surface area contributed by atoms with Crippen LogP contribution in [0.25, 0.3) is 0 Å². The number of halogens is 1. The first-order chi connectivity index (χ1) is 5.61. The minimum atomic E-state index is 0.250. The lowest BCUT2D eigenvalue weighted by atomic mass is 10.4. The average Bonchev–Trinajstić information content (AvgIpc) is 1.99. The maximum absolute atomic E-state index is 10.7. The Morgan fingerprint density at radius 3 is 2.33 bits per heavy atom. The summed E-state index contributed by atoms with van der Waals surface area (Å²) in [5, 5.41) is 10.7. The summed E-state index contributed by atoms with van der Waals surface area (Å²) >= 11 is 3.18. The minimum Gasteiger partial charge on any atom is -0.618 e. The van der Waals surface area contributed by atoms with Gasteiger partial charge in [0, 0.05) is 13.0 Å².